The van der Waals surface area contributed by atoms with Gasteiger partial charge in [0, 0.05) is 18.7 Å². The number of aryl methyl sites for hydroxylation is 1. The molecule has 0 aliphatic heterocycles. The topological polar surface area (TPSA) is 20.3 Å². The third-order valence-corrected chi connectivity index (χ3v) is 4.36. The Hall–Kier alpha value is -2.09. The predicted octanol–water partition coefficient (Wildman–Crippen LogP) is 5.57. The monoisotopic (exact) mass is 337 g/mol. The highest BCUT2D eigenvalue weighted by Gasteiger charge is 2.17. The first kappa shape index (κ1) is 19.2. The highest BCUT2D eigenvalue weighted by atomic mass is 16.2. The van der Waals surface area contributed by atoms with E-state index in [9.17, 15) is 4.79 Å². The maximum atomic E-state index is 13.0. The van der Waals surface area contributed by atoms with Crippen LogP contribution in [0.1, 0.15) is 56.5 Å². The predicted molar refractivity (Wildman–Crippen MR) is 107 cm³/mol. The zero-order chi connectivity index (χ0) is 18.2. The fourth-order valence-corrected chi connectivity index (χ4v) is 3.10. The maximum Gasteiger partial charge on any atom is 0.254 e. The zero-order valence-corrected chi connectivity index (χ0v) is 16.1. The van der Waals surface area contributed by atoms with E-state index in [-0.39, 0.29) is 5.91 Å². The highest BCUT2D eigenvalue weighted by molar-refractivity contribution is 5.94. The second kappa shape index (κ2) is 9.41. The molecule has 1 amide bonds. The van der Waals surface area contributed by atoms with Gasteiger partial charge in [-0.2, -0.15) is 0 Å². The van der Waals surface area contributed by atoms with Crippen LogP contribution in [0, 0.1) is 5.92 Å². The van der Waals surface area contributed by atoms with Crippen LogP contribution in [-0.4, -0.2) is 23.9 Å². The van der Waals surface area contributed by atoms with Crippen molar-refractivity contribution in [2.75, 3.05) is 13.1 Å². The second-order valence-electron chi connectivity index (χ2n) is 7.30. The van der Waals surface area contributed by atoms with Gasteiger partial charge in [0.25, 0.3) is 5.91 Å². The third-order valence-electron chi connectivity index (χ3n) is 4.36. The number of hydrogen-bond donors (Lipinski definition) is 0. The molecule has 0 aromatic heterocycles. The van der Waals surface area contributed by atoms with Crippen LogP contribution >= 0.6 is 0 Å². The Morgan fingerprint density at radius 2 is 1.92 bits per heavy atom. The minimum absolute atomic E-state index is 0.122. The first-order valence-electron chi connectivity index (χ1n) is 9.41. The van der Waals surface area contributed by atoms with Gasteiger partial charge < -0.3 is 4.90 Å². The average Bonchev–Trinajstić information content (AvgIpc) is 2.61. The summed E-state index contributed by atoms with van der Waals surface area (Å²) in [5.74, 6) is 0.567. The van der Waals surface area contributed by atoms with Crippen molar-refractivity contribution in [3.05, 3.63) is 70.8 Å². The van der Waals surface area contributed by atoms with E-state index < -0.39 is 0 Å². The van der Waals surface area contributed by atoms with E-state index in [1.54, 1.807) is 0 Å². The Morgan fingerprint density at radius 3 is 2.48 bits per heavy atom. The summed E-state index contributed by atoms with van der Waals surface area (Å²) in [4.78, 5) is 15.0. The van der Waals surface area contributed by atoms with Crippen LogP contribution in [-0.2, 0) is 6.42 Å². The van der Waals surface area contributed by atoms with E-state index in [0.29, 0.717) is 12.5 Å². The number of carbonyl (C=O) groups excluding carboxylic acids is 1. The Bertz CT molecular complexity index is 662. The summed E-state index contributed by atoms with van der Waals surface area (Å²) in [6.45, 7) is 10.0. The molecule has 25 heavy (non-hydrogen) atoms. The smallest absolute Gasteiger partial charge is 0.254 e. The number of nitrogens with zero attached hydrogens (tertiary/aromatic N) is 1. The van der Waals surface area contributed by atoms with E-state index in [1.165, 1.54) is 16.7 Å². The van der Waals surface area contributed by atoms with Crippen LogP contribution in [0.3, 0.4) is 0 Å². The van der Waals surface area contributed by atoms with Crippen molar-refractivity contribution in [2.24, 2.45) is 5.92 Å². The van der Waals surface area contributed by atoms with Crippen LogP contribution in [0.15, 0.2) is 59.7 Å². The van der Waals surface area contributed by atoms with Crippen LogP contribution < -0.4 is 0 Å². The van der Waals surface area contributed by atoms with Gasteiger partial charge in [0.1, 0.15) is 0 Å². The SMILES string of the molecule is CCc1ccc(C(=O)N(C/C(C)=C/C2=CCCC=C2)CC(C)C)cc1. The van der Waals surface area contributed by atoms with Gasteiger partial charge in [0.05, 0.1) is 0 Å². The van der Waals surface area contributed by atoms with E-state index >= 15 is 0 Å². The molecule has 0 N–H and O–H groups in total. The number of amides is 1. The van der Waals surface area contributed by atoms with E-state index in [1.807, 2.05) is 17.0 Å². The third kappa shape index (κ3) is 6.04. The summed E-state index contributed by atoms with van der Waals surface area (Å²) >= 11 is 0. The van der Waals surface area contributed by atoms with Gasteiger partial charge in [-0.1, -0.05) is 62.8 Å². The van der Waals surface area contributed by atoms with Gasteiger partial charge >= 0.3 is 0 Å². The number of rotatable bonds is 7. The molecule has 1 aromatic rings. The Balaban J connectivity index is 2.13. The van der Waals surface area contributed by atoms with Crippen LogP contribution in [0.5, 0.6) is 0 Å². The molecule has 2 rings (SSSR count). The lowest BCUT2D eigenvalue weighted by Gasteiger charge is -2.25. The maximum absolute atomic E-state index is 13.0. The van der Waals surface area contributed by atoms with Crippen molar-refractivity contribution < 1.29 is 4.79 Å². The molecule has 0 spiro atoms. The molecule has 1 aliphatic rings. The van der Waals surface area contributed by atoms with Crippen molar-refractivity contribution in [1.82, 2.24) is 4.90 Å². The van der Waals surface area contributed by atoms with Crippen LogP contribution in [0.4, 0.5) is 0 Å². The summed E-state index contributed by atoms with van der Waals surface area (Å²) in [6, 6.07) is 8.03. The lowest BCUT2D eigenvalue weighted by molar-refractivity contribution is 0.0751. The largest absolute Gasteiger partial charge is 0.334 e. The van der Waals surface area contributed by atoms with Crippen LogP contribution in [0.2, 0.25) is 0 Å². The van der Waals surface area contributed by atoms with Gasteiger partial charge in [0.15, 0.2) is 0 Å². The molecule has 2 nitrogen and oxygen atoms in total. The van der Waals surface area contributed by atoms with E-state index in [0.717, 1.165) is 31.4 Å². The fraction of sp³-hybridized carbons (Fsp3) is 0.435. The van der Waals surface area contributed by atoms with Crippen molar-refractivity contribution in [1.29, 1.82) is 0 Å². The standard InChI is InChI=1S/C23H31NO/c1-5-20-11-13-22(14-12-20)23(25)24(16-18(2)3)17-19(4)15-21-9-7-6-8-10-21/h7,9-15,18H,5-6,8,16-17H2,1-4H3/b19-15+. The van der Waals surface area contributed by atoms with Gasteiger partial charge in [-0.25, -0.2) is 0 Å². The minimum atomic E-state index is 0.122. The summed E-state index contributed by atoms with van der Waals surface area (Å²) in [6.07, 6.45) is 12.1. The lowest BCUT2D eigenvalue weighted by atomic mass is 10.0. The summed E-state index contributed by atoms with van der Waals surface area (Å²) in [7, 11) is 0. The first-order chi connectivity index (χ1) is 12.0. The van der Waals surface area contributed by atoms with Gasteiger partial charge in [-0.3, -0.25) is 4.79 Å². The average molecular weight is 338 g/mol. The van der Waals surface area contributed by atoms with Gasteiger partial charge in [-0.15, -0.1) is 0 Å². The number of carbonyl (C=O) groups is 1. The minimum Gasteiger partial charge on any atom is -0.334 e. The number of benzene rings is 1. The summed E-state index contributed by atoms with van der Waals surface area (Å²) < 4.78 is 0. The summed E-state index contributed by atoms with van der Waals surface area (Å²) in [5.41, 5.74) is 4.52. The van der Waals surface area contributed by atoms with E-state index in [2.05, 4.69) is 64.1 Å². The van der Waals surface area contributed by atoms with Crippen LogP contribution in [0.25, 0.3) is 0 Å². The molecule has 134 valence electrons. The van der Waals surface area contributed by atoms with Gasteiger partial charge in [-0.05, 0) is 55.4 Å². The Morgan fingerprint density at radius 1 is 1.20 bits per heavy atom. The molecule has 0 atom stereocenters. The molecule has 0 unspecified atom stereocenters. The normalized spacial score (nSPS) is 14.6. The second-order valence-corrected chi connectivity index (χ2v) is 7.30. The lowest BCUT2D eigenvalue weighted by Crippen LogP contribution is -2.35. The fourth-order valence-electron chi connectivity index (χ4n) is 3.10. The molecule has 0 saturated heterocycles. The molecule has 0 bridgehead atoms. The van der Waals surface area contributed by atoms with Crippen molar-refractivity contribution in [2.45, 2.75) is 47.0 Å². The molecule has 0 fully saturated rings. The Labute approximate surface area is 152 Å². The van der Waals surface area contributed by atoms with Crippen molar-refractivity contribution >= 4 is 5.91 Å². The molecule has 0 heterocycles. The van der Waals surface area contributed by atoms with Crippen molar-refractivity contribution in [3.8, 4) is 0 Å². The number of hydrogen-bond acceptors (Lipinski definition) is 1. The van der Waals surface area contributed by atoms with Crippen molar-refractivity contribution in [3.63, 3.8) is 0 Å². The zero-order valence-electron chi connectivity index (χ0n) is 16.1. The highest BCUT2D eigenvalue weighted by Crippen LogP contribution is 2.16. The molecule has 0 radical (unpaired) electrons. The molecule has 0 saturated carbocycles. The summed E-state index contributed by atoms with van der Waals surface area (Å²) in [5, 5.41) is 0. The molecular weight excluding hydrogens is 306 g/mol. The molecular formula is C23H31NO. The van der Waals surface area contributed by atoms with Gasteiger partial charge in [0.2, 0.25) is 0 Å². The van der Waals surface area contributed by atoms with E-state index in [4.69, 9.17) is 0 Å². The number of allylic oxidation sites excluding steroid dienone is 5. The first-order valence-corrected chi connectivity index (χ1v) is 9.41. The molecule has 1 aromatic carbocycles. The Kier molecular flexibility index (Phi) is 7.24. The quantitative estimate of drug-likeness (QED) is 0.637. The molecule has 1 aliphatic carbocycles. The molecule has 2 heteroatoms.